The number of likely N-dealkylation sites (tertiary alicyclic amines) is 1. The summed E-state index contributed by atoms with van der Waals surface area (Å²) < 4.78 is 4.92. The zero-order chi connectivity index (χ0) is 20.1. The van der Waals surface area contributed by atoms with Crippen molar-refractivity contribution >= 4 is 35.3 Å². The first kappa shape index (κ1) is 20.3. The van der Waals surface area contributed by atoms with Crippen molar-refractivity contribution in [3.05, 3.63) is 34.9 Å². The third-order valence-electron chi connectivity index (χ3n) is 5.21. The molecule has 2 aliphatic rings. The fourth-order valence-electron chi connectivity index (χ4n) is 3.80. The van der Waals surface area contributed by atoms with Gasteiger partial charge >= 0.3 is 5.97 Å². The third-order valence-corrected chi connectivity index (χ3v) is 5.44. The quantitative estimate of drug-likeness (QED) is 0.549. The molecule has 150 valence electrons. The number of rotatable bonds is 7. The number of carbonyl (C=O) groups is 4. The number of esters is 1. The van der Waals surface area contributed by atoms with Crippen LogP contribution in [-0.2, 0) is 30.3 Å². The van der Waals surface area contributed by atoms with E-state index in [4.69, 9.17) is 16.3 Å². The van der Waals surface area contributed by atoms with Crippen molar-refractivity contribution in [1.82, 2.24) is 10.2 Å². The first-order valence-electron chi connectivity index (χ1n) is 9.47. The van der Waals surface area contributed by atoms with Crippen molar-refractivity contribution in [2.24, 2.45) is 11.8 Å². The standard InChI is InChI=1S/C20H23ClN2O5/c21-14-5-3-4-13(10-14)8-9-22-17(24)12-28-18(25)11-23-19(26)15-6-1-2-7-16(15)20(23)27/h3-5,10,15-16H,1-2,6-9,11-12H2,(H,22,24)/t15-,16-/m1/s1. The van der Waals surface area contributed by atoms with E-state index in [-0.39, 0.29) is 23.7 Å². The van der Waals surface area contributed by atoms with Gasteiger partial charge in [-0.3, -0.25) is 24.1 Å². The van der Waals surface area contributed by atoms with Gasteiger partial charge in [0.05, 0.1) is 11.8 Å². The molecule has 0 bridgehead atoms. The molecule has 3 amide bonds. The molecule has 0 aromatic heterocycles. The summed E-state index contributed by atoms with van der Waals surface area (Å²) in [7, 11) is 0. The largest absolute Gasteiger partial charge is 0.454 e. The van der Waals surface area contributed by atoms with Crippen LogP contribution in [0.5, 0.6) is 0 Å². The Balaban J connectivity index is 1.38. The number of nitrogens with one attached hydrogen (secondary N) is 1. The number of fused-ring (bicyclic) bond motifs is 1. The Morgan fingerprint density at radius 1 is 1.14 bits per heavy atom. The van der Waals surface area contributed by atoms with Crippen LogP contribution in [0.25, 0.3) is 0 Å². The molecular formula is C20H23ClN2O5. The maximum absolute atomic E-state index is 12.3. The highest BCUT2D eigenvalue weighted by Crippen LogP contribution is 2.37. The molecule has 3 rings (SSSR count). The molecule has 7 nitrogen and oxygen atoms in total. The second-order valence-electron chi connectivity index (χ2n) is 7.15. The van der Waals surface area contributed by atoms with Crippen molar-refractivity contribution < 1.29 is 23.9 Å². The van der Waals surface area contributed by atoms with Crippen LogP contribution in [0.15, 0.2) is 24.3 Å². The van der Waals surface area contributed by atoms with Gasteiger partial charge in [0.15, 0.2) is 6.61 Å². The average molecular weight is 407 g/mol. The number of carbonyl (C=O) groups excluding carboxylic acids is 4. The molecule has 1 aliphatic heterocycles. The van der Waals surface area contributed by atoms with Crippen LogP contribution in [0.2, 0.25) is 5.02 Å². The molecule has 1 aromatic carbocycles. The Bertz CT molecular complexity index is 758. The van der Waals surface area contributed by atoms with Gasteiger partial charge in [0.2, 0.25) is 11.8 Å². The molecule has 8 heteroatoms. The second kappa shape index (κ2) is 9.19. The lowest BCUT2D eigenvalue weighted by Crippen LogP contribution is -2.38. The number of ether oxygens (including phenoxy) is 1. The number of benzene rings is 1. The normalized spacial score (nSPS) is 21.4. The van der Waals surface area contributed by atoms with Gasteiger partial charge in [0.1, 0.15) is 6.54 Å². The summed E-state index contributed by atoms with van der Waals surface area (Å²) in [6.45, 7) is -0.499. The first-order valence-corrected chi connectivity index (χ1v) is 9.85. The zero-order valence-electron chi connectivity index (χ0n) is 15.5. The van der Waals surface area contributed by atoms with Crippen LogP contribution >= 0.6 is 11.6 Å². The molecule has 1 aromatic rings. The molecular weight excluding hydrogens is 384 g/mol. The van der Waals surface area contributed by atoms with Gasteiger partial charge in [0.25, 0.3) is 5.91 Å². The Hall–Kier alpha value is -2.41. The topological polar surface area (TPSA) is 92.8 Å². The smallest absolute Gasteiger partial charge is 0.326 e. The number of hydrogen-bond acceptors (Lipinski definition) is 5. The fraction of sp³-hybridized carbons (Fsp3) is 0.500. The maximum Gasteiger partial charge on any atom is 0.326 e. The summed E-state index contributed by atoms with van der Waals surface area (Å²) >= 11 is 5.90. The summed E-state index contributed by atoms with van der Waals surface area (Å²) in [5, 5.41) is 3.28. The van der Waals surface area contributed by atoms with Crippen LogP contribution in [-0.4, -0.2) is 48.3 Å². The molecule has 1 saturated carbocycles. The monoisotopic (exact) mass is 406 g/mol. The minimum Gasteiger partial charge on any atom is -0.454 e. The van der Waals surface area contributed by atoms with Crippen molar-refractivity contribution in [3.8, 4) is 0 Å². The Morgan fingerprint density at radius 2 is 1.82 bits per heavy atom. The summed E-state index contributed by atoms with van der Waals surface area (Å²) in [6.07, 6.45) is 3.83. The molecule has 2 fully saturated rings. The maximum atomic E-state index is 12.3. The number of hydrogen-bond donors (Lipinski definition) is 1. The van der Waals surface area contributed by atoms with E-state index in [1.54, 1.807) is 6.07 Å². The van der Waals surface area contributed by atoms with E-state index in [2.05, 4.69) is 5.32 Å². The van der Waals surface area contributed by atoms with Crippen molar-refractivity contribution in [2.45, 2.75) is 32.1 Å². The number of nitrogens with zero attached hydrogens (tertiary/aromatic N) is 1. The molecule has 2 atom stereocenters. The molecule has 0 spiro atoms. The van der Waals surface area contributed by atoms with Gasteiger partial charge in [-0.1, -0.05) is 36.6 Å². The van der Waals surface area contributed by atoms with Gasteiger partial charge in [0, 0.05) is 11.6 Å². The van der Waals surface area contributed by atoms with Crippen LogP contribution < -0.4 is 5.32 Å². The molecule has 0 radical (unpaired) electrons. The third kappa shape index (κ3) is 4.90. The van der Waals surface area contributed by atoms with Crippen molar-refractivity contribution in [1.29, 1.82) is 0 Å². The fourth-order valence-corrected chi connectivity index (χ4v) is 4.01. The van der Waals surface area contributed by atoms with E-state index in [1.165, 1.54) is 0 Å². The molecule has 1 heterocycles. The first-order chi connectivity index (χ1) is 13.5. The lowest BCUT2D eigenvalue weighted by atomic mass is 9.81. The summed E-state index contributed by atoms with van der Waals surface area (Å²) in [5.41, 5.74) is 0.984. The number of amides is 3. The minimum atomic E-state index is -0.759. The minimum absolute atomic E-state index is 0.294. The Kier molecular flexibility index (Phi) is 6.67. The van der Waals surface area contributed by atoms with E-state index in [9.17, 15) is 19.2 Å². The summed E-state index contributed by atoms with van der Waals surface area (Å²) in [5.74, 6) is -2.39. The molecule has 1 saturated heterocycles. The second-order valence-corrected chi connectivity index (χ2v) is 7.59. The van der Waals surface area contributed by atoms with Gasteiger partial charge < -0.3 is 10.1 Å². The van der Waals surface area contributed by atoms with E-state index in [0.717, 1.165) is 23.3 Å². The van der Waals surface area contributed by atoms with Crippen molar-refractivity contribution in [3.63, 3.8) is 0 Å². The number of halogens is 1. The van der Waals surface area contributed by atoms with Crippen LogP contribution in [0.3, 0.4) is 0 Å². The lowest BCUT2D eigenvalue weighted by molar-refractivity contribution is -0.154. The van der Waals surface area contributed by atoms with Gasteiger partial charge in [-0.15, -0.1) is 0 Å². The summed E-state index contributed by atoms with van der Waals surface area (Å²) in [6, 6.07) is 7.32. The van der Waals surface area contributed by atoms with E-state index < -0.39 is 25.0 Å². The highest BCUT2D eigenvalue weighted by atomic mass is 35.5. The SMILES string of the molecule is O=C(COC(=O)CN1C(=O)[C@@H]2CCCC[C@H]2C1=O)NCCc1cccc(Cl)c1. The van der Waals surface area contributed by atoms with Gasteiger partial charge in [-0.25, -0.2) is 0 Å². The molecule has 1 N–H and O–H groups in total. The Labute approximate surface area is 168 Å². The molecule has 0 unspecified atom stereocenters. The van der Waals surface area contributed by atoms with Crippen LogP contribution in [0, 0.1) is 11.8 Å². The predicted octanol–water partition coefficient (Wildman–Crippen LogP) is 1.72. The Morgan fingerprint density at radius 3 is 2.46 bits per heavy atom. The lowest BCUT2D eigenvalue weighted by Gasteiger charge is -2.19. The van der Waals surface area contributed by atoms with Gasteiger partial charge in [-0.2, -0.15) is 0 Å². The van der Waals surface area contributed by atoms with E-state index >= 15 is 0 Å². The highest BCUT2D eigenvalue weighted by Gasteiger charge is 2.48. The van der Waals surface area contributed by atoms with E-state index in [1.807, 2.05) is 18.2 Å². The molecule has 1 aliphatic carbocycles. The van der Waals surface area contributed by atoms with Gasteiger partial charge in [-0.05, 0) is 37.0 Å². The molecule has 28 heavy (non-hydrogen) atoms. The summed E-state index contributed by atoms with van der Waals surface area (Å²) in [4.78, 5) is 49.4. The number of imide groups is 1. The van der Waals surface area contributed by atoms with Crippen LogP contribution in [0.1, 0.15) is 31.2 Å². The van der Waals surface area contributed by atoms with Crippen LogP contribution in [0.4, 0.5) is 0 Å². The predicted molar refractivity (Wildman–Crippen MR) is 101 cm³/mol. The van der Waals surface area contributed by atoms with Crippen molar-refractivity contribution in [2.75, 3.05) is 19.7 Å². The highest BCUT2D eigenvalue weighted by molar-refractivity contribution is 6.30. The van der Waals surface area contributed by atoms with E-state index in [0.29, 0.717) is 30.8 Å². The average Bonchev–Trinajstić information content (AvgIpc) is 2.92. The zero-order valence-corrected chi connectivity index (χ0v) is 16.2.